The first kappa shape index (κ1) is 13.9. The molecule has 0 aromatic heterocycles. The van der Waals surface area contributed by atoms with Gasteiger partial charge >= 0.3 is 11.9 Å². The molecule has 1 aromatic rings. The molecule has 1 aliphatic heterocycles. The zero-order chi connectivity index (χ0) is 13.9. The summed E-state index contributed by atoms with van der Waals surface area (Å²) >= 11 is 0. The van der Waals surface area contributed by atoms with Crippen LogP contribution in [0.15, 0.2) is 24.3 Å². The van der Waals surface area contributed by atoms with Crippen LogP contribution in [0.1, 0.15) is 12.0 Å². The van der Waals surface area contributed by atoms with Crippen LogP contribution in [0, 0.1) is 5.82 Å². The van der Waals surface area contributed by atoms with Crippen molar-refractivity contribution in [3.05, 3.63) is 35.6 Å². The van der Waals surface area contributed by atoms with Crippen LogP contribution < -0.4 is 5.32 Å². The second kappa shape index (κ2) is 5.61. The predicted molar refractivity (Wildman–Crippen MR) is 62.4 cm³/mol. The topological polar surface area (TPSA) is 38.3 Å². The molecule has 0 saturated carbocycles. The van der Waals surface area contributed by atoms with E-state index in [1.807, 2.05) is 0 Å². The normalized spacial score (nSPS) is 21.4. The highest BCUT2D eigenvalue weighted by Gasteiger charge is 2.50. The van der Waals surface area contributed by atoms with Gasteiger partial charge in [0.1, 0.15) is 11.9 Å². The standard InChI is InChI=1S/C13H14F3NO2/c14-10-3-1-9(2-4-10)5-6-17-8-11-7-13(15,16)12(18)19-11/h1-4,11,17H,5-8H2. The fourth-order valence-electron chi connectivity index (χ4n) is 1.91. The number of cyclic esters (lactones) is 1. The monoisotopic (exact) mass is 273 g/mol. The Morgan fingerprint density at radius 1 is 1.32 bits per heavy atom. The van der Waals surface area contributed by atoms with Crippen LogP contribution in [0.25, 0.3) is 0 Å². The van der Waals surface area contributed by atoms with Crippen LogP contribution in [0.3, 0.4) is 0 Å². The van der Waals surface area contributed by atoms with Crippen molar-refractivity contribution in [3.63, 3.8) is 0 Å². The summed E-state index contributed by atoms with van der Waals surface area (Å²) in [5.41, 5.74) is 0.947. The van der Waals surface area contributed by atoms with E-state index < -0.39 is 24.4 Å². The fourth-order valence-corrected chi connectivity index (χ4v) is 1.91. The van der Waals surface area contributed by atoms with Gasteiger partial charge in [-0.05, 0) is 30.7 Å². The number of halogens is 3. The first-order valence-corrected chi connectivity index (χ1v) is 6.01. The molecule has 6 heteroatoms. The Kier molecular flexibility index (Phi) is 4.09. The highest BCUT2D eigenvalue weighted by molar-refractivity contribution is 5.79. The molecule has 104 valence electrons. The van der Waals surface area contributed by atoms with E-state index in [-0.39, 0.29) is 12.4 Å². The van der Waals surface area contributed by atoms with Crippen molar-refractivity contribution in [2.45, 2.75) is 24.9 Å². The smallest absolute Gasteiger partial charge is 0.377 e. The third-order valence-corrected chi connectivity index (χ3v) is 2.93. The minimum absolute atomic E-state index is 0.197. The third-order valence-electron chi connectivity index (χ3n) is 2.93. The lowest BCUT2D eigenvalue weighted by Crippen LogP contribution is -2.28. The number of hydrogen-bond donors (Lipinski definition) is 1. The van der Waals surface area contributed by atoms with Gasteiger partial charge in [0.15, 0.2) is 0 Å². The minimum atomic E-state index is -3.36. The lowest BCUT2D eigenvalue weighted by molar-refractivity contribution is -0.158. The van der Waals surface area contributed by atoms with Gasteiger partial charge in [0, 0.05) is 6.54 Å². The Balaban J connectivity index is 1.68. The van der Waals surface area contributed by atoms with Crippen molar-refractivity contribution in [2.24, 2.45) is 0 Å². The van der Waals surface area contributed by atoms with Gasteiger partial charge in [0.05, 0.1) is 6.42 Å². The summed E-state index contributed by atoms with van der Waals surface area (Å²) in [6.07, 6.45) is -0.706. The molecular weight excluding hydrogens is 259 g/mol. The lowest BCUT2D eigenvalue weighted by atomic mass is 10.1. The molecule has 3 nitrogen and oxygen atoms in total. The van der Waals surface area contributed by atoms with Crippen molar-refractivity contribution in [2.75, 3.05) is 13.1 Å². The van der Waals surface area contributed by atoms with Crippen LogP contribution in [0.2, 0.25) is 0 Å². The number of esters is 1. The maximum atomic E-state index is 12.9. The molecule has 0 bridgehead atoms. The first-order valence-electron chi connectivity index (χ1n) is 6.01. The molecule has 1 saturated heterocycles. The van der Waals surface area contributed by atoms with Crippen LogP contribution in [0.4, 0.5) is 13.2 Å². The molecule has 1 aromatic carbocycles. The highest BCUT2D eigenvalue weighted by atomic mass is 19.3. The summed E-state index contributed by atoms with van der Waals surface area (Å²) in [5.74, 6) is -5.10. The average molecular weight is 273 g/mol. The molecule has 0 spiro atoms. The zero-order valence-corrected chi connectivity index (χ0v) is 10.2. The molecule has 19 heavy (non-hydrogen) atoms. The van der Waals surface area contributed by atoms with Gasteiger partial charge in [-0.1, -0.05) is 12.1 Å². The summed E-state index contributed by atoms with van der Waals surface area (Å²) in [6.45, 7) is 0.744. The lowest BCUT2D eigenvalue weighted by Gasteiger charge is -2.09. The summed E-state index contributed by atoms with van der Waals surface area (Å²) in [4.78, 5) is 10.8. The van der Waals surface area contributed by atoms with E-state index in [4.69, 9.17) is 0 Å². The largest absolute Gasteiger partial charge is 0.456 e. The average Bonchev–Trinajstić information content (AvgIpc) is 2.61. The van der Waals surface area contributed by atoms with E-state index in [0.29, 0.717) is 13.0 Å². The van der Waals surface area contributed by atoms with Crippen molar-refractivity contribution in [1.29, 1.82) is 0 Å². The predicted octanol–water partition coefficient (Wildman–Crippen LogP) is 1.91. The maximum absolute atomic E-state index is 12.9. The zero-order valence-electron chi connectivity index (χ0n) is 10.2. The highest BCUT2D eigenvalue weighted by Crippen LogP contribution is 2.30. The van der Waals surface area contributed by atoms with Gasteiger partial charge in [0.2, 0.25) is 0 Å². The summed E-state index contributed by atoms with van der Waals surface area (Å²) in [5, 5.41) is 2.94. The van der Waals surface area contributed by atoms with Gasteiger partial charge in [-0.15, -0.1) is 0 Å². The molecule has 0 amide bonds. The van der Waals surface area contributed by atoms with Crippen LogP contribution in [0.5, 0.6) is 0 Å². The van der Waals surface area contributed by atoms with Gasteiger partial charge in [-0.3, -0.25) is 0 Å². The summed E-state index contributed by atoms with van der Waals surface area (Å²) in [7, 11) is 0. The number of rotatable bonds is 5. The Morgan fingerprint density at radius 2 is 2.00 bits per heavy atom. The number of benzene rings is 1. The van der Waals surface area contributed by atoms with Crippen molar-refractivity contribution in [1.82, 2.24) is 5.32 Å². The number of carbonyl (C=O) groups excluding carboxylic acids is 1. The van der Waals surface area contributed by atoms with E-state index in [1.54, 1.807) is 12.1 Å². The first-order chi connectivity index (χ1) is 8.97. The Hall–Kier alpha value is -1.56. The molecule has 0 radical (unpaired) electrons. The summed E-state index contributed by atoms with van der Waals surface area (Å²) in [6, 6.07) is 6.07. The molecule has 1 heterocycles. The van der Waals surface area contributed by atoms with Crippen molar-refractivity contribution < 1.29 is 22.7 Å². The molecule has 1 N–H and O–H groups in total. The Morgan fingerprint density at radius 3 is 2.58 bits per heavy atom. The van der Waals surface area contributed by atoms with Gasteiger partial charge in [-0.25, -0.2) is 9.18 Å². The number of carbonyl (C=O) groups is 1. The number of hydrogen-bond acceptors (Lipinski definition) is 3. The van der Waals surface area contributed by atoms with E-state index >= 15 is 0 Å². The van der Waals surface area contributed by atoms with Gasteiger partial charge in [0.25, 0.3) is 0 Å². The molecule has 2 rings (SSSR count). The van der Waals surface area contributed by atoms with E-state index in [0.717, 1.165) is 5.56 Å². The van der Waals surface area contributed by atoms with Gasteiger partial charge < -0.3 is 10.1 Å². The van der Waals surface area contributed by atoms with Crippen molar-refractivity contribution in [3.8, 4) is 0 Å². The van der Waals surface area contributed by atoms with Crippen LogP contribution in [-0.4, -0.2) is 31.1 Å². The molecule has 1 atom stereocenters. The third kappa shape index (κ3) is 3.70. The van der Waals surface area contributed by atoms with Gasteiger partial charge in [-0.2, -0.15) is 8.78 Å². The molecule has 0 aliphatic carbocycles. The van der Waals surface area contributed by atoms with Crippen LogP contribution in [-0.2, 0) is 16.0 Å². The molecule has 1 fully saturated rings. The number of alkyl halides is 2. The Bertz CT molecular complexity index is 448. The minimum Gasteiger partial charge on any atom is -0.456 e. The second-order valence-corrected chi connectivity index (χ2v) is 4.52. The van der Waals surface area contributed by atoms with Crippen molar-refractivity contribution >= 4 is 5.97 Å². The van der Waals surface area contributed by atoms with E-state index in [1.165, 1.54) is 12.1 Å². The Labute approximate surface area is 108 Å². The maximum Gasteiger partial charge on any atom is 0.377 e. The number of nitrogens with one attached hydrogen (secondary N) is 1. The second-order valence-electron chi connectivity index (χ2n) is 4.52. The number of ether oxygens (including phenoxy) is 1. The molecular formula is C13H14F3NO2. The fraction of sp³-hybridized carbons (Fsp3) is 0.462. The quantitative estimate of drug-likeness (QED) is 0.658. The summed E-state index contributed by atoms with van der Waals surface area (Å²) < 4.78 is 42.9. The molecule has 1 aliphatic rings. The SMILES string of the molecule is O=C1OC(CNCCc2ccc(F)cc2)CC1(F)F. The van der Waals surface area contributed by atoms with E-state index in [9.17, 15) is 18.0 Å². The van der Waals surface area contributed by atoms with E-state index in [2.05, 4.69) is 10.1 Å². The van der Waals surface area contributed by atoms with Crippen LogP contribution >= 0.6 is 0 Å². The molecule has 1 unspecified atom stereocenters.